The zero-order chi connectivity index (χ0) is 39.0. The molecule has 2 aliphatic rings. The van der Waals surface area contributed by atoms with Crippen LogP contribution in [0.25, 0.3) is 22.5 Å². The molecule has 55 heavy (non-hydrogen) atoms. The minimum atomic E-state index is -4.83. The lowest BCUT2D eigenvalue weighted by molar-refractivity contribution is -0.140. The predicted molar refractivity (Wildman–Crippen MR) is 203 cm³/mol. The van der Waals surface area contributed by atoms with Crippen LogP contribution in [0, 0.1) is 5.82 Å². The Morgan fingerprint density at radius 1 is 0.745 bits per heavy atom. The third-order valence-corrected chi connectivity index (χ3v) is 9.70. The van der Waals surface area contributed by atoms with Crippen LogP contribution in [0.5, 0.6) is 11.5 Å². The van der Waals surface area contributed by atoms with Crippen LogP contribution in [0.3, 0.4) is 0 Å². The number of anilines is 2. The maximum absolute atomic E-state index is 13.9. The standard InChI is InChI=1S/C24H24F4N4O2.C16H22N4O/c1-31-21(8-9-29-31)18-15-17(5-7-22(18)34-13-12-32-10-2-3-11-32)30-23(33)16-4-6-19(20(25)14-16)24(26,27)28;1-19-15(6-7-18-19)14-12-13(17)4-5-16(14)21-11-10-20-8-2-3-9-20/h4-9,14-15H,2-3,10-13H2,1H3,(H,30,33);4-7,12H,2-3,8-11,17H2,1H3. The molecular formula is C40H46F4N8O3. The van der Waals surface area contributed by atoms with Crippen LogP contribution in [0.15, 0.2) is 79.1 Å². The van der Waals surface area contributed by atoms with Crippen molar-refractivity contribution in [3.63, 3.8) is 0 Å². The van der Waals surface area contributed by atoms with E-state index in [1.807, 2.05) is 36.0 Å². The molecule has 292 valence electrons. The van der Waals surface area contributed by atoms with Gasteiger partial charge < -0.3 is 20.5 Å². The Bertz CT molecular complexity index is 2050. The van der Waals surface area contributed by atoms with Gasteiger partial charge in [0.05, 0.1) is 17.0 Å². The third kappa shape index (κ3) is 10.2. The molecule has 3 aromatic carbocycles. The SMILES string of the molecule is Cn1nccc1-c1cc(N)ccc1OCCN1CCCC1.Cn1nccc1-c1cc(NC(=O)c2ccc(C(F)(F)F)c(F)c2)ccc1OCCN1CCCC1. The number of amides is 1. The fourth-order valence-corrected chi connectivity index (χ4v) is 6.75. The van der Waals surface area contributed by atoms with E-state index in [9.17, 15) is 22.4 Å². The Morgan fingerprint density at radius 2 is 1.27 bits per heavy atom. The van der Waals surface area contributed by atoms with E-state index in [1.54, 1.807) is 48.4 Å². The highest BCUT2D eigenvalue weighted by Crippen LogP contribution is 2.35. The molecule has 0 radical (unpaired) electrons. The van der Waals surface area contributed by atoms with Gasteiger partial charge in [-0.1, -0.05) is 0 Å². The summed E-state index contributed by atoms with van der Waals surface area (Å²) in [7, 11) is 3.70. The van der Waals surface area contributed by atoms with Crippen molar-refractivity contribution >= 4 is 17.3 Å². The number of hydrogen-bond acceptors (Lipinski definition) is 8. The monoisotopic (exact) mass is 762 g/mol. The Hall–Kier alpha value is -5.41. The lowest BCUT2D eigenvalue weighted by atomic mass is 10.1. The van der Waals surface area contributed by atoms with Crippen molar-refractivity contribution in [3.05, 3.63) is 96.1 Å². The van der Waals surface area contributed by atoms with Crippen LogP contribution < -0.4 is 20.5 Å². The second-order valence-electron chi connectivity index (χ2n) is 13.6. The van der Waals surface area contributed by atoms with E-state index in [-0.39, 0.29) is 5.56 Å². The summed E-state index contributed by atoms with van der Waals surface area (Å²) in [6, 6.07) is 16.7. The molecule has 0 atom stereocenters. The van der Waals surface area contributed by atoms with Gasteiger partial charge in [-0.3, -0.25) is 24.0 Å². The molecule has 4 heterocycles. The summed E-state index contributed by atoms with van der Waals surface area (Å²) in [6.07, 6.45) is 3.59. The van der Waals surface area contributed by atoms with Gasteiger partial charge in [-0.2, -0.15) is 23.4 Å². The largest absolute Gasteiger partial charge is 0.492 e. The molecule has 2 fully saturated rings. The van der Waals surface area contributed by atoms with E-state index in [4.69, 9.17) is 15.2 Å². The number of carbonyl (C=O) groups is 1. The van der Waals surface area contributed by atoms with Gasteiger partial charge in [0.15, 0.2) is 0 Å². The average Bonchev–Trinajstić information content (AvgIpc) is 3.99. The number of aromatic nitrogens is 4. The minimum absolute atomic E-state index is 0.224. The number of nitrogens with two attached hydrogens (primary N) is 1. The van der Waals surface area contributed by atoms with Gasteiger partial charge in [0.25, 0.3) is 5.91 Å². The van der Waals surface area contributed by atoms with E-state index in [2.05, 4.69) is 25.3 Å². The normalized spacial score (nSPS) is 14.8. The number of benzene rings is 3. The molecule has 7 rings (SSSR count). The fourth-order valence-electron chi connectivity index (χ4n) is 6.75. The van der Waals surface area contributed by atoms with Gasteiger partial charge in [-0.15, -0.1) is 0 Å². The number of aryl methyl sites for hydroxylation is 2. The quantitative estimate of drug-likeness (QED) is 0.102. The summed E-state index contributed by atoms with van der Waals surface area (Å²) >= 11 is 0. The first-order valence-corrected chi connectivity index (χ1v) is 18.3. The number of nitrogen functional groups attached to an aromatic ring is 1. The molecule has 15 heteroatoms. The zero-order valence-corrected chi connectivity index (χ0v) is 31.0. The number of nitrogens with one attached hydrogen (secondary N) is 1. The zero-order valence-electron chi connectivity index (χ0n) is 31.0. The lowest BCUT2D eigenvalue weighted by Crippen LogP contribution is -2.25. The van der Waals surface area contributed by atoms with Crippen LogP contribution >= 0.6 is 0 Å². The van der Waals surface area contributed by atoms with Crippen molar-refractivity contribution in [2.24, 2.45) is 14.1 Å². The van der Waals surface area contributed by atoms with E-state index in [0.717, 1.165) is 60.6 Å². The average molecular weight is 763 g/mol. The van der Waals surface area contributed by atoms with Gasteiger partial charge in [0.2, 0.25) is 0 Å². The molecule has 1 amide bonds. The molecule has 5 aromatic rings. The first kappa shape index (κ1) is 39.3. The van der Waals surface area contributed by atoms with Crippen LogP contribution in [0.2, 0.25) is 0 Å². The molecule has 0 bridgehead atoms. The van der Waals surface area contributed by atoms with Crippen molar-refractivity contribution in [1.29, 1.82) is 0 Å². The molecular weight excluding hydrogens is 716 g/mol. The van der Waals surface area contributed by atoms with Crippen LogP contribution in [0.1, 0.15) is 41.6 Å². The fraction of sp³-hybridized carbons (Fsp3) is 0.375. The van der Waals surface area contributed by atoms with E-state index in [0.29, 0.717) is 42.3 Å². The van der Waals surface area contributed by atoms with Crippen LogP contribution in [0.4, 0.5) is 28.9 Å². The summed E-state index contributed by atoms with van der Waals surface area (Å²) in [5.74, 6) is -0.753. The van der Waals surface area contributed by atoms with Gasteiger partial charge in [-0.05, 0) is 119 Å². The lowest BCUT2D eigenvalue weighted by Gasteiger charge is -2.17. The number of nitrogens with zero attached hydrogens (tertiary/aromatic N) is 6. The van der Waals surface area contributed by atoms with Crippen molar-refractivity contribution in [1.82, 2.24) is 29.4 Å². The van der Waals surface area contributed by atoms with E-state index < -0.39 is 23.5 Å². The predicted octanol–water partition coefficient (Wildman–Crippen LogP) is 7.12. The summed E-state index contributed by atoms with van der Waals surface area (Å²) < 4.78 is 67.8. The number of halogens is 4. The van der Waals surface area contributed by atoms with Crippen LogP contribution in [-0.2, 0) is 20.3 Å². The molecule has 3 N–H and O–H groups in total. The highest BCUT2D eigenvalue weighted by Gasteiger charge is 2.34. The highest BCUT2D eigenvalue weighted by atomic mass is 19.4. The Balaban J connectivity index is 0.000000209. The topological polar surface area (TPSA) is 116 Å². The van der Waals surface area contributed by atoms with Crippen molar-refractivity contribution in [3.8, 4) is 34.0 Å². The van der Waals surface area contributed by atoms with Crippen molar-refractivity contribution in [2.45, 2.75) is 31.9 Å². The number of rotatable bonds is 12. The minimum Gasteiger partial charge on any atom is -0.492 e. The summed E-state index contributed by atoms with van der Waals surface area (Å²) in [5, 5.41) is 11.0. The second-order valence-corrected chi connectivity index (χ2v) is 13.6. The second kappa shape index (κ2) is 17.8. The molecule has 0 aliphatic carbocycles. The van der Waals surface area contributed by atoms with E-state index in [1.165, 1.54) is 38.8 Å². The van der Waals surface area contributed by atoms with Gasteiger partial charge in [-0.25, -0.2) is 4.39 Å². The Morgan fingerprint density at radius 3 is 1.76 bits per heavy atom. The first-order chi connectivity index (χ1) is 26.5. The maximum atomic E-state index is 13.9. The summed E-state index contributed by atoms with van der Waals surface area (Å²) in [4.78, 5) is 17.4. The maximum Gasteiger partial charge on any atom is 0.419 e. The first-order valence-electron chi connectivity index (χ1n) is 18.3. The van der Waals surface area contributed by atoms with Gasteiger partial charge in [0, 0.05) is 67.6 Å². The number of likely N-dealkylation sites (tertiary alicyclic amines) is 2. The third-order valence-electron chi connectivity index (χ3n) is 9.70. The molecule has 2 saturated heterocycles. The molecule has 0 saturated carbocycles. The summed E-state index contributed by atoms with van der Waals surface area (Å²) in [5.41, 5.74) is 8.85. The van der Waals surface area contributed by atoms with Gasteiger partial charge >= 0.3 is 6.18 Å². The highest BCUT2D eigenvalue weighted by molar-refractivity contribution is 6.04. The van der Waals surface area contributed by atoms with Crippen molar-refractivity contribution < 1.29 is 31.8 Å². The smallest absolute Gasteiger partial charge is 0.419 e. The van der Waals surface area contributed by atoms with Crippen molar-refractivity contribution in [2.75, 3.05) is 63.5 Å². The number of carbonyl (C=O) groups excluding carboxylic acids is 1. The number of hydrogen-bond donors (Lipinski definition) is 2. The van der Waals surface area contributed by atoms with E-state index >= 15 is 0 Å². The molecule has 2 aliphatic heterocycles. The Kier molecular flexibility index (Phi) is 12.7. The van der Waals surface area contributed by atoms with Crippen LogP contribution in [-0.4, -0.2) is 87.8 Å². The molecule has 2 aromatic heterocycles. The molecule has 0 spiro atoms. The summed E-state index contributed by atoms with van der Waals surface area (Å²) in [6.45, 7) is 7.51. The number of alkyl halides is 3. The Labute approximate surface area is 317 Å². The van der Waals surface area contributed by atoms with Gasteiger partial charge in [0.1, 0.15) is 30.5 Å². The number of ether oxygens (including phenoxy) is 2. The molecule has 0 unspecified atom stereocenters. The molecule has 11 nitrogen and oxygen atoms in total.